The van der Waals surface area contributed by atoms with Crippen molar-refractivity contribution >= 4 is 5.97 Å². The summed E-state index contributed by atoms with van der Waals surface area (Å²) in [6, 6.07) is 0. The van der Waals surface area contributed by atoms with Crippen molar-refractivity contribution in [2.45, 2.75) is 30.9 Å². The molecule has 4 nitrogen and oxygen atoms in total. The standard InChI is InChI=1S/C6H4F6O4/c7-5(8,9)1-3(13)16-2(4(14)15-1)6(10,11)12/h1-3,13H/t1?,2?,3-/m0/s1. The average Bonchev–Trinajstić information content (AvgIpc) is 2.04. The highest BCUT2D eigenvalue weighted by atomic mass is 19.4. The third-order valence-corrected chi connectivity index (χ3v) is 1.61. The van der Waals surface area contributed by atoms with E-state index in [1.165, 1.54) is 0 Å². The Bertz CT molecular complexity index is 284. The summed E-state index contributed by atoms with van der Waals surface area (Å²) in [5, 5.41) is 8.64. The lowest BCUT2D eigenvalue weighted by atomic mass is 10.2. The van der Waals surface area contributed by atoms with Crippen LogP contribution in [0.1, 0.15) is 0 Å². The fourth-order valence-electron chi connectivity index (χ4n) is 0.951. The quantitative estimate of drug-likeness (QED) is 0.511. The van der Waals surface area contributed by atoms with Crippen molar-refractivity contribution in [2.75, 3.05) is 0 Å². The zero-order valence-corrected chi connectivity index (χ0v) is 7.17. The van der Waals surface area contributed by atoms with Gasteiger partial charge in [0.1, 0.15) is 0 Å². The molecule has 1 heterocycles. The number of rotatable bonds is 0. The Morgan fingerprint density at radius 2 is 1.56 bits per heavy atom. The maximum atomic E-state index is 12.0. The van der Waals surface area contributed by atoms with Gasteiger partial charge in [-0.3, -0.25) is 0 Å². The number of aliphatic hydroxyl groups is 1. The minimum Gasteiger partial charge on any atom is -0.445 e. The molecule has 0 bridgehead atoms. The molecule has 1 fully saturated rings. The molecule has 0 aromatic carbocycles. The van der Waals surface area contributed by atoms with Crippen LogP contribution >= 0.6 is 0 Å². The van der Waals surface area contributed by atoms with Crippen LogP contribution in [0.4, 0.5) is 26.3 Å². The maximum Gasteiger partial charge on any atom is 0.430 e. The molecule has 0 aliphatic carbocycles. The number of esters is 1. The first-order valence-corrected chi connectivity index (χ1v) is 3.71. The summed E-state index contributed by atoms with van der Waals surface area (Å²) in [6.07, 6.45) is -19.7. The number of hydrogen-bond acceptors (Lipinski definition) is 4. The molecule has 10 heteroatoms. The van der Waals surface area contributed by atoms with Gasteiger partial charge in [-0.1, -0.05) is 0 Å². The molecule has 0 aromatic rings. The molecule has 1 saturated heterocycles. The molecule has 94 valence electrons. The van der Waals surface area contributed by atoms with Crippen molar-refractivity contribution in [1.82, 2.24) is 0 Å². The zero-order valence-electron chi connectivity index (χ0n) is 7.17. The van der Waals surface area contributed by atoms with E-state index in [2.05, 4.69) is 9.47 Å². The molecule has 2 unspecified atom stereocenters. The molecule has 0 aromatic heterocycles. The third kappa shape index (κ3) is 2.55. The van der Waals surface area contributed by atoms with Gasteiger partial charge in [0.05, 0.1) is 0 Å². The van der Waals surface area contributed by atoms with Gasteiger partial charge in [0.2, 0.25) is 12.4 Å². The minimum atomic E-state index is -5.24. The predicted molar refractivity (Wildman–Crippen MR) is 32.9 cm³/mol. The van der Waals surface area contributed by atoms with Crippen LogP contribution < -0.4 is 0 Å². The van der Waals surface area contributed by atoms with E-state index in [1.807, 2.05) is 0 Å². The second-order valence-corrected chi connectivity index (χ2v) is 2.85. The largest absolute Gasteiger partial charge is 0.445 e. The molecule has 0 amide bonds. The lowest BCUT2D eigenvalue weighted by Gasteiger charge is -2.33. The molecule has 0 saturated carbocycles. The molecule has 1 N–H and O–H groups in total. The molecule has 1 aliphatic rings. The fraction of sp³-hybridized carbons (Fsp3) is 0.833. The summed E-state index contributed by atoms with van der Waals surface area (Å²) < 4.78 is 78.9. The van der Waals surface area contributed by atoms with Crippen LogP contribution in [-0.4, -0.2) is 41.9 Å². The summed E-state index contributed by atoms with van der Waals surface area (Å²) in [5.74, 6) is -2.24. The first-order valence-electron chi connectivity index (χ1n) is 3.71. The molecule has 1 rings (SSSR count). The van der Waals surface area contributed by atoms with Gasteiger partial charge in [0, 0.05) is 0 Å². The summed E-state index contributed by atoms with van der Waals surface area (Å²) in [4.78, 5) is 10.6. The maximum absolute atomic E-state index is 12.0. The smallest absolute Gasteiger partial charge is 0.430 e. The number of halogens is 6. The minimum absolute atomic E-state index is 2.24. The number of aliphatic hydroxyl groups excluding tert-OH is 1. The van der Waals surface area contributed by atoms with Crippen molar-refractivity contribution in [3.05, 3.63) is 0 Å². The Hall–Kier alpha value is -1.03. The highest BCUT2D eigenvalue weighted by Gasteiger charge is 2.59. The van der Waals surface area contributed by atoms with Gasteiger partial charge in [0.25, 0.3) is 6.10 Å². The lowest BCUT2D eigenvalue weighted by molar-refractivity contribution is -0.347. The Balaban J connectivity index is 2.83. The molecule has 0 spiro atoms. The molecular formula is C6H4F6O4. The van der Waals surface area contributed by atoms with Crippen molar-refractivity contribution in [3.8, 4) is 0 Å². The SMILES string of the molecule is O=C1OC(C(F)(F)F)[C@@H](O)OC1C(F)(F)F. The van der Waals surface area contributed by atoms with E-state index < -0.39 is 36.8 Å². The third-order valence-electron chi connectivity index (χ3n) is 1.61. The van der Waals surface area contributed by atoms with Crippen molar-refractivity contribution in [2.24, 2.45) is 0 Å². The molecule has 1 aliphatic heterocycles. The van der Waals surface area contributed by atoms with Crippen LogP contribution in [0, 0.1) is 0 Å². The number of ether oxygens (including phenoxy) is 2. The number of carbonyl (C=O) groups excluding carboxylic acids is 1. The Morgan fingerprint density at radius 1 is 1.06 bits per heavy atom. The number of hydrogen-bond donors (Lipinski definition) is 1. The molecule has 0 radical (unpaired) electrons. The van der Waals surface area contributed by atoms with Gasteiger partial charge in [-0.2, -0.15) is 26.3 Å². The van der Waals surface area contributed by atoms with Crippen molar-refractivity contribution in [3.63, 3.8) is 0 Å². The highest BCUT2D eigenvalue weighted by Crippen LogP contribution is 2.34. The molecule has 3 atom stereocenters. The first kappa shape index (κ1) is 13.0. The second-order valence-electron chi connectivity index (χ2n) is 2.85. The van der Waals surface area contributed by atoms with E-state index >= 15 is 0 Å². The average molecular weight is 254 g/mol. The van der Waals surface area contributed by atoms with Crippen LogP contribution in [0.2, 0.25) is 0 Å². The molecular weight excluding hydrogens is 250 g/mol. The summed E-state index contributed by atoms with van der Waals surface area (Å²) in [5.41, 5.74) is 0. The lowest BCUT2D eigenvalue weighted by Crippen LogP contribution is -2.57. The zero-order chi connectivity index (χ0) is 12.7. The Morgan fingerprint density at radius 3 is 1.94 bits per heavy atom. The summed E-state index contributed by atoms with van der Waals surface area (Å²) in [6.45, 7) is 0. The highest BCUT2D eigenvalue weighted by molar-refractivity contribution is 5.76. The van der Waals surface area contributed by atoms with Gasteiger partial charge in [0.15, 0.2) is 0 Å². The summed E-state index contributed by atoms with van der Waals surface area (Å²) >= 11 is 0. The normalized spacial score (nSPS) is 32.4. The van der Waals surface area contributed by atoms with Gasteiger partial charge in [-0.25, -0.2) is 4.79 Å². The first-order chi connectivity index (χ1) is 7.03. The van der Waals surface area contributed by atoms with E-state index in [1.54, 1.807) is 0 Å². The topological polar surface area (TPSA) is 55.8 Å². The Labute approximate surface area is 83.7 Å². The second kappa shape index (κ2) is 3.77. The number of alkyl halides is 6. The van der Waals surface area contributed by atoms with Crippen LogP contribution in [-0.2, 0) is 14.3 Å². The number of cyclic esters (lactones) is 1. The van der Waals surface area contributed by atoms with Crippen LogP contribution in [0.3, 0.4) is 0 Å². The number of carbonyl (C=O) groups is 1. The van der Waals surface area contributed by atoms with Crippen molar-refractivity contribution in [1.29, 1.82) is 0 Å². The predicted octanol–water partition coefficient (Wildman–Crippen LogP) is 0.740. The fourth-order valence-corrected chi connectivity index (χ4v) is 0.951. The van der Waals surface area contributed by atoms with Crippen LogP contribution in [0.5, 0.6) is 0 Å². The van der Waals surface area contributed by atoms with E-state index in [-0.39, 0.29) is 0 Å². The van der Waals surface area contributed by atoms with E-state index in [0.29, 0.717) is 0 Å². The van der Waals surface area contributed by atoms with Gasteiger partial charge in [-0.15, -0.1) is 0 Å². The van der Waals surface area contributed by atoms with Crippen LogP contribution in [0.25, 0.3) is 0 Å². The Kier molecular flexibility index (Phi) is 3.07. The van der Waals surface area contributed by atoms with E-state index in [9.17, 15) is 31.1 Å². The van der Waals surface area contributed by atoms with Gasteiger partial charge in [-0.05, 0) is 0 Å². The van der Waals surface area contributed by atoms with E-state index in [4.69, 9.17) is 5.11 Å². The van der Waals surface area contributed by atoms with Crippen LogP contribution in [0.15, 0.2) is 0 Å². The molecule has 16 heavy (non-hydrogen) atoms. The van der Waals surface area contributed by atoms with Gasteiger partial charge >= 0.3 is 18.3 Å². The van der Waals surface area contributed by atoms with Gasteiger partial charge < -0.3 is 14.6 Å². The summed E-state index contributed by atoms with van der Waals surface area (Å²) in [7, 11) is 0. The van der Waals surface area contributed by atoms with E-state index in [0.717, 1.165) is 0 Å². The monoisotopic (exact) mass is 254 g/mol. The van der Waals surface area contributed by atoms with Crippen molar-refractivity contribution < 1.29 is 45.7 Å².